The van der Waals surface area contributed by atoms with E-state index in [4.69, 9.17) is 11.6 Å². The summed E-state index contributed by atoms with van der Waals surface area (Å²) in [5, 5.41) is 15.4. The Hall–Kier alpha value is -2.70. The Bertz CT molecular complexity index is 992. The van der Waals surface area contributed by atoms with Gasteiger partial charge in [0.15, 0.2) is 6.10 Å². The third-order valence-electron chi connectivity index (χ3n) is 4.57. The van der Waals surface area contributed by atoms with Crippen molar-refractivity contribution in [2.45, 2.75) is 24.6 Å². The number of rotatable bonds is 6. The molecule has 0 saturated heterocycles. The van der Waals surface area contributed by atoms with E-state index in [2.05, 4.69) is 10.3 Å². The molecule has 1 heterocycles. The van der Waals surface area contributed by atoms with Crippen molar-refractivity contribution in [3.63, 3.8) is 0 Å². The van der Waals surface area contributed by atoms with Gasteiger partial charge in [-0.3, -0.25) is 14.6 Å². The van der Waals surface area contributed by atoms with Gasteiger partial charge < -0.3 is 15.3 Å². The van der Waals surface area contributed by atoms with Gasteiger partial charge in [0.05, 0.1) is 11.4 Å². The molecule has 28 heavy (non-hydrogen) atoms. The van der Waals surface area contributed by atoms with Gasteiger partial charge >= 0.3 is 0 Å². The number of hydrogen-bond acceptors (Lipinski definition) is 4. The number of aliphatic hydroxyl groups is 1. The number of aliphatic hydroxyl groups excluding tert-OH is 1. The zero-order valence-electron chi connectivity index (χ0n) is 15.7. The molecule has 2 amide bonds. The van der Waals surface area contributed by atoms with Gasteiger partial charge in [-0.25, -0.2) is 0 Å². The average molecular weight is 400 g/mol. The largest absolute Gasteiger partial charge is 0.381 e. The normalized spacial score (nSPS) is 16.9. The molecule has 0 saturated carbocycles. The number of carbonyl (C=O) groups excluding carboxylic acids is 2. The van der Waals surface area contributed by atoms with E-state index >= 15 is 0 Å². The van der Waals surface area contributed by atoms with Crippen molar-refractivity contribution in [3.05, 3.63) is 69.7 Å². The molecular formula is C21H22ClN3O3. The van der Waals surface area contributed by atoms with Crippen LogP contribution in [0.1, 0.15) is 5.56 Å². The molecule has 3 rings (SSSR count). The summed E-state index contributed by atoms with van der Waals surface area (Å²) >= 11 is 5.99. The second-order valence-electron chi connectivity index (χ2n) is 6.93. The van der Waals surface area contributed by atoms with Crippen LogP contribution < -0.4 is 15.9 Å². The molecule has 0 fully saturated rings. The van der Waals surface area contributed by atoms with Crippen LogP contribution in [0.5, 0.6) is 0 Å². The van der Waals surface area contributed by atoms with Gasteiger partial charge in [-0.05, 0) is 41.5 Å². The summed E-state index contributed by atoms with van der Waals surface area (Å²) in [4.78, 5) is 30.8. The molecule has 2 aromatic carbocycles. The number of nitrogens with one attached hydrogen (secondary N) is 1. The van der Waals surface area contributed by atoms with E-state index in [0.717, 1.165) is 10.8 Å². The fourth-order valence-electron chi connectivity index (χ4n) is 3.08. The zero-order valence-corrected chi connectivity index (χ0v) is 16.4. The van der Waals surface area contributed by atoms with E-state index in [1.807, 2.05) is 30.3 Å². The van der Waals surface area contributed by atoms with Gasteiger partial charge in [0.2, 0.25) is 5.91 Å². The lowest BCUT2D eigenvalue weighted by molar-refractivity contribution is -0.139. The van der Waals surface area contributed by atoms with Crippen LogP contribution >= 0.6 is 11.6 Å². The van der Waals surface area contributed by atoms with E-state index in [-0.39, 0.29) is 5.91 Å². The van der Waals surface area contributed by atoms with Crippen LogP contribution in [-0.4, -0.2) is 54.1 Å². The smallest absolute Gasteiger partial charge is 0.253 e. The number of carbonyl (C=O) groups is 2. The standard InChI is InChI=1S/C21H22ClN3O3/c1-25(2)21(28)19(26)17(10-13-6-4-3-5-7-13)24-20(27)18-12-14-11-15(22)8-9-16(14)23-18/h3-9,11-12,17-19,26H,10H2,1-2H3,(H,24,27)/t17-,18+,19-/m0/s1. The lowest BCUT2D eigenvalue weighted by Gasteiger charge is -2.26. The van der Waals surface area contributed by atoms with E-state index < -0.39 is 24.1 Å². The first-order valence-corrected chi connectivity index (χ1v) is 9.32. The molecule has 0 radical (unpaired) electrons. The fraction of sp³-hybridized carbons (Fsp3) is 0.286. The minimum absolute atomic E-state index is 0.318. The topological polar surface area (TPSA) is 82.0 Å². The van der Waals surface area contributed by atoms with Gasteiger partial charge in [0.1, 0.15) is 6.04 Å². The average Bonchev–Trinajstić information content (AvgIpc) is 3.10. The maximum atomic E-state index is 12.8. The van der Waals surface area contributed by atoms with Crippen molar-refractivity contribution in [1.29, 1.82) is 0 Å². The molecule has 3 atom stereocenters. The summed E-state index contributed by atoms with van der Waals surface area (Å²) in [6, 6.07) is 13.1. The number of hydrogen-bond donors (Lipinski definition) is 2. The van der Waals surface area contributed by atoms with Crippen molar-refractivity contribution in [2.24, 2.45) is 4.99 Å². The third kappa shape index (κ3) is 4.58. The van der Waals surface area contributed by atoms with E-state index in [0.29, 0.717) is 16.8 Å². The first-order chi connectivity index (χ1) is 13.3. The first-order valence-electron chi connectivity index (χ1n) is 8.94. The van der Waals surface area contributed by atoms with E-state index in [1.165, 1.54) is 4.90 Å². The first kappa shape index (κ1) is 20.0. The molecule has 7 heteroatoms. The molecule has 2 N–H and O–H groups in total. The summed E-state index contributed by atoms with van der Waals surface area (Å²) in [7, 11) is 3.13. The van der Waals surface area contributed by atoms with Gasteiger partial charge in [0.25, 0.3) is 5.91 Å². The molecule has 0 spiro atoms. The Morgan fingerprint density at radius 2 is 1.93 bits per heavy atom. The maximum Gasteiger partial charge on any atom is 0.253 e. The van der Waals surface area contributed by atoms with Crippen molar-refractivity contribution in [3.8, 4) is 0 Å². The second kappa shape index (κ2) is 8.54. The van der Waals surface area contributed by atoms with Crippen LogP contribution in [-0.2, 0) is 16.0 Å². The Morgan fingerprint density at radius 1 is 1.21 bits per heavy atom. The molecule has 0 unspecified atom stereocenters. The van der Waals surface area contributed by atoms with E-state index in [1.54, 1.807) is 38.4 Å². The number of nitrogens with zero attached hydrogens (tertiary/aromatic N) is 2. The van der Waals surface area contributed by atoms with Crippen molar-refractivity contribution in [1.82, 2.24) is 10.2 Å². The highest BCUT2D eigenvalue weighted by molar-refractivity contribution is 6.30. The number of benzene rings is 2. The van der Waals surface area contributed by atoms with Crippen LogP contribution in [0, 0.1) is 0 Å². The SMILES string of the molecule is CN(C)C(=O)[C@@H](O)[C@H](Cc1ccccc1)NC(=O)[C@H]1C=c2cc(Cl)ccc2=N1. The predicted octanol–water partition coefficient (Wildman–Crippen LogP) is 0.299. The molecule has 0 aliphatic carbocycles. The molecule has 6 nitrogen and oxygen atoms in total. The Morgan fingerprint density at radius 3 is 2.61 bits per heavy atom. The van der Waals surface area contributed by atoms with Gasteiger partial charge in [-0.1, -0.05) is 41.9 Å². The highest BCUT2D eigenvalue weighted by Gasteiger charge is 2.31. The van der Waals surface area contributed by atoms with E-state index in [9.17, 15) is 14.7 Å². The molecule has 2 aromatic rings. The van der Waals surface area contributed by atoms with Crippen molar-refractivity contribution < 1.29 is 14.7 Å². The minimum atomic E-state index is -1.36. The number of likely N-dealkylation sites (N-methyl/N-ethyl adjacent to an activating group) is 1. The van der Waals surface area contributed by atoms with Crippen molar-refractivity contribution in [2.75, 3.05) is 14.1 Å². The van der Waals surface area contributed by atoms with Gasteiger partial charge in [-0.15, -0.1) is 0 Å². The molecule has 0 bridgehead atoms. The second-order valence-corrected chi connectivity index (χ2v) is 7.36. The summed E-state index contributed by atoms with van der Waals surface area (Å²) in [6.07, 6.45) is 0.673. The zero-order chi connectivity index (χ0) is 20.3. The van der Waals surface area contributed by atoms with Crippen LogP contribution in [0.15, 0.2) is 53.5 Å². The quantitative estimate of drug-likeness (QED) is 0.733. The molecule has 1 aliphatic rings. The Labute approximate surface area is 168 Å². The molecule has 0 aromatic heterocycles. The van der Waals surface area contributed by atoms with Crippen LogP contribution in [0.2, 0.25) is 5.02 Å². The van der Waals surface area contributed by atoms with Crippen molar-refractivity contribution >= 4 is 29.5 Å². The fourth-order valence-corrected chi connectivity index (χ4v) is 3.26. The summed E-state index contributed by atoms with van der Waals surface area (Å²) in [6.45, 7) is 0. The number of halogens is 1. The van der Waals surface area contributed by atoms with Crippen LogP contribution in [0.4, 0.5) is 0 Å². The molecule has 1 aliphatic heterocycles. The predicted molar refractivity (Wildman–Crippen MR) is 107 cm³/mol. The maximum absolute atomic E-state index is 12.8. The highest BCUT2D eigenvalue weighted by atomic mass is 35.5. The van der Waals surface area contributed by atoms with Gasteiger partial charge in [0, 0.05) is 19.1 Å². The van der Waals surface area contributed by atoms with Crippen LogP contribution in [0.3, 0.4) is 0 Å². The number of amides is 2. The summed E-state index contributed by atoms with van der Waals surface area (Å²) in [5.41, 5.74) is 0.904. The Balaban J connectivity index is 1.80. The Kier molecular flexibility index (Phi) is 6.11. The van der Waals surface area contributed by atoms with Gasteiger partial charge in [-0.2, -0.15) is 0 Å². The highest BCUT2D eigenvalue weighted by Crippen LogP contribution is 2.10. The summed E-state index contributed by atoms with van der Waals surface area (Å²) in [5.74, 6) is -0.845. The lowest BCUT2D eigenvalue weighted by atomic mass is 10.00. The molecule has 146 valence electrons. The minimum Gasteiger partial charge on any atom is -0.381 e. The number of fused-ring (bicyclic) bond motifs is 1. The summed E-state index contributed by atoms with van der Waals surface area (Å²) < 4.78 is 0. The molecular weight excluding hydrogens is 378 g/mol. The third-order valence-corrected chi connectivity index (χ3v) is 4.81. The lowest BCUT2D eigenvalue weighted by Crippen LogP contribution is -2.53. The van der Waals surface area contributed by atoms with Crippen LogP contribution in [0.25, 0.3) is 6.08 Å². The monoisotopic (exact) mass is 399 g/mol.